The van der Waals surface area contributed by atoms with Crippen molar-refractivity contribution in [2.45, 2.75) is 12.5 Å². The van der Waals surface area contributed by atoms with Gasteiger partial charge in [-0.05, 0) is 24.1 Å². The molecule has 15 heavy (non-hydrogen) atoms. The standard InChI is InChI=1S/C10H14FNO2.ClH/c1-14-10-3-2-7(5-9(10)11)4-8(12)6-13;/h2-3,5,8,13H,4,6,12H2,1H3;1H. The van der Waals surface area contributed by atoms with Crippen molar-refractivity contribution in [2.24, 2.45) is 5.73 Å². The van der Waals surface area contributed by atoms with E-state index < -0.39 is 5.82 Å². The molecule has 0 bridgehead atoms. The number of rotatable bonds is 4. The molecule has 0 aliphatic carbocycles. The van der Waals surface area contributed by atoms with Gasteiger partial charge in [0.05, 0.1) is 13.7 Å². The third-order valence-corrected chi connectivity index (χ3v) is 1.95. The van der Waals surface area contributed by atoms with Gasteiger partial charge in [-0.2, -0.15) is 0 Å². The third kappa shape index (κ3) is 4.03. The molecule has 0 radical (unpaired) electrons. The van der Waals surface area contributed by atoms with Crippen molar-refractivity contribution < 1.29 is 14.2 Å². The molecule has 3 N–H and O–H groups in total. The van der Waals surface area contributed by atoms with E-state index in [1.165, 1.54) is 13.2 Å². The highest BCUT2D eigenvalue weighted by Crippen LogP contribution is 2.18. The summed E-state index contributed by atoms with van der Waals surface area (Å²) >= 11 is 0. The van der Waals surface area contributed by atoms with Gasteiger partial charge in [0, 0.05) is 6.04 Å². The van der Waals surface area contributed by atoms with Gasteiger partial charge in [-0.15, -0.1) is 12.4 Å². The SMILES string of the molecule is COc1ccc(CC(N)CO)cc1F.Cl. The zero-order valence-corrected chi connectivity index (χ0v) is 9.26. The van der Waals surface area contributed by atoms with Crippen LogP contribution in [0.15, 0.2) is 18.2 Å². The molecule has 5 heteroatoms. The fraction of sp³-hybridized carbons (Fsp3) is 0.400. The van der Waals surface area contributed by atoms with E-state index in [1.54, 1.807) is 12.1 Å². The van der Waals surface area contributed by atoms with E-state index in [9.17, 15) is 4.39 Å². The number of aliphatic hydroxyl groups excluding tert-OH is 1. The van der Waals surface area contributed by atoms with Gasteiger partial charge >= 0.3 is 0 Å². The Morgan fingerprint density at radius 2 is 2.20 bits per heavy atom. The van der Waals surface area contributed by atoms with Crippen LogP contribution in [0.4, 0.5) is 4.39 Å². The lowest BCUT2D eigenvalue weighted by molar-refractivity contribution is 0.265. The van der Waals surface area contributed by atoms with Gasteiger partial charge in [0.1, 0.15) is 0 Å². The molecule has 1 unspecified atom stereocenters. The van der Waals surface area contributed by atoms with Gasteiger partial charge in [0.25, 0.3) is 0 Å². The lowest BCUT2D eigenvalue weighted by Crippen LogP contribution is -2.26. The molecular weight excluding hydrogens is 221 g/mol. The Kier molecular flexibility index (Phi) is 6.24. The summed E-state index contributed by atoms with van der Waals surface area (Å²) in [6.45, 7) is -0.104. The predicted octanol–water partition coefficient (Wildman–Crippen LogP) is 1.12. The number of halogens is 2. The van der Waals surface area contributed by atoms with E-state index in [2.05, 4.69) is 0 Å². The van der Waals surface area contributed by atoms with Crippen LogP contribution in [0.1, 0.15) is 5.56 Å². The summed E-state index contributed by atoms with van der Waals surface area (Å²) in [4.78, 5) is 0. The zero-order chi connectivity index (χ0) is 10.6. The number of nitrogens with two attached hydrogens (primary N) is 1. The van der Waals surface area contributed by atoms with E-state index in [-0.39, 0.29) is 30.8 Å². The van der Waals surface area contributed by atoms with Gasteiger partial charge in [-0.1, -0.05) is 6.07 Å². The quantitative estimate of drug-likeness (QED) is 0.822. The number of benzene rings is 1. The van der Waals surface area contributed by atoms with Gasteiger partial charge in [0.2, 0.25) is 0 Å². The second-order valence-corrected chi connectivity index (χ2v) is 3.12. The van der Waals surface area contributed by atoms with E-state index in [0.717, 1.165) is 5.56 Å². The van der Waals surface area contributed by atoms with Crippen molar-refractivity contribution in [3.63, 3.8) is 0 Å². The van der Waals surface area contributed by atoms with Crippen molar-refractivity contribution in [3.05, 3.63) is 29.6 Å². The maximum absolute atomic E-state index is 13.2. The van der Waals surface area contributed by atoms with Gasteiger partial charge in [-0.3, -0.25) is 0 Å². The summed E-state index contributed by atoms with van der Waals surface area (Å²) in [6.07, 6.45) is 0.456. The van der Waals surface area contributed by atoms with Gasteiger partial charge < -0.3 is 15.6 Å². The van der Waals surface area contributed by atoms with Crippen LogP contribution in [-0.4, -0.2) is 24.9 Å². The fourth-order valence-corrected chi connectivity index (χ4v) is 1.20. The molecule has 1 rings (SSSR count). The maximum Gasteiger partial charge on any atom is 0.165 e. The molecule has 1 aromatic carbocycles. The first-order valence-electron chi connectivity index (χ1n) is 4.36. The summed E-state index contributed by atoms with van der Waals surface area (Å²) in [7, 11) is 1.41. The van der Waals surface area contributed by atoms with E-state index >= 15 is 0 Å². The molecule has 0 aliphatic heterocycles. The first-order chi connectivity index (χ1) is 6.67. The van der Waals surface area contributed by atoms with Crippen LogP contribution in [0, 0.1) is 5.82 Å². The van der Waals surface area contributed by atoms with Gasteiger partial charge in [-0.25, -0.2) is 4.39 Å². The van der Waals surface area contributed by atoms with Crippen LogP contribution < -0.4 is 10.5 Å². The molecule has 0 saturated carbocycles. The Balaban J connectivity index is 0.00000196. The maximum atomic E-state index is 13.2. The smallest absolute Gasteiger partial charge is 0.165 e. The van der Waals surface area contributed by atoms with Crippen molar-refractivity contribution in [3.8, 4) is 5.75 Å². The molecule has 0 fully saturated rings. The molecule has 0 aliphatic rings. The topological polar surface area (TPSA) is 55.5 Å². The summed E-state index contributed by atoms with van der Waals surface area (Å²) in [5.41, 5.74) is 6.28. The highest BCUT2D eigenvalue weighted by atomic mass is 35.5. The second kappa shape index (κ2) is 6.61. The van der Waals surface area contributed by atoms with Crippen LogP contribution in [0.5, 0.6) is 5.75 Å². The molecule has 0 aromatic heterocycles. The average molecular weight is 236 g/mol. The van der Waals surface area contributed by atoms with Gasteiger partial charge in [0.15, 0.2) is 11.6 Å². The monoisotopic (exact) mass is 235 g/mol. The van der Waals surface area contributed by atoms with Crippen molar-refractivity contribution in [1.29, 1.82) is 0 Å². The number of ether oxygens (including phenoxy) is 1. The van der Waals surface area contributed by atoms with Crippen LogP contribution in [-0.2, 0) is 6.42 Å². The minimum atomic E-state index is -0.407. The molecule has 86 valence electrons. The molecule has 0 saturated heterocycles. The minimum Gasteiger partial charge on any atom is -0.494 e. The Morgan fingerprint density at radius 3 is 2.67 bits per heavy atom. The van der Waals surface area contributed by atoms with Crippen LogP contribution in [0.3, 0.4) is 0 Å². The highest BCUT2D eigenvalue weighted by Gasteiger charge is 2.06. The molecule has 1 atom stereocenters. The number of methoxy groups -OCH3 is 1. The summed E-state index contributed by atoms with van der Waals surface area (Å²) in [5.74, 6) is -0.193. The first-order valence-corrected chi connectivity index (χ1v) is 4.36. The zero-order valence-electron chi connectivity index (χ0n) is 8.44. The normalized spacial score (nSPS) is 11.7. The van der Waals surface area contributed by atoms with Crippen molar-refractivity contribution in [1.82, 2.24) is 0 Å². The first kappa shape index (κ1) is 14.2. The summed E-state index contributed by atoms with van der Waals surface area (Å²) in [6, 6.07) is 4.31. The summed E-state index contributed by atoms with van der Waals surface area (Å²) < 4.78 is 18.0. The molecule has 0 amide bonds. The largest absolute Gasteiger partial charge is 0.494 e. The number of hydrogen-bond acceptors (Lipinski definition) is 3. The predicted molar refractivity (Wildman–Crippen MR) is 59.0 cm³/mol. The van der Waals surface area contributed by atoms with Crippen LogP contribution in [0.25, 0.3) is 0 Å². The fourth-order valence-electron chi connectivity index (χ4n) is 1.20. The van der Waals surface area contributed by atoms with Crippen LogP contribution >= 0.6 is 12.4 Å². The third-order valence-electron chi connectivity index (χ3n) is 1.95. The van der Waals surface area contributed by atoms with Crippen molar-refractivity contribution in [2.75, 3.05) is 13.7 Å². The lowest BCUT2D eigenvalue weighted by atomic mass is 10.1. The van der Waals surface area contributed by atoms with Crippen LogP contribution in [0.2, 0.25) is 0 Å². The lowest BCUT2D eigenvalue weighted by Gasteiger charge is -2.09. The Morgan fingerprint density at radius 1 is 1.53 bits per heavy atom. The van der Waals surface area contributed by atoms with E-state index in [4.69, 9.17) is 15.6 Å². The highest BCUT2D eigenvalue weighted by molar-refractivity contribution is 5.85. The second-order valence-electron chi connectivity index (χ2n) is 3.12. The van der Waals surface area contributed by atoms with E-state index in [1.807, 2.05) is 0 Å². The Bertz CT molecular complexity index is 309. The van der Waals surface area contributed by atoms with Crippen molar-refractivity contribution >= 4 is 12.4 Å². The van der Waals surface area contributed by atoms with E-state index in [0.29, 0.717) is 6.42 Å². The molecule has 0 heterocycles. The molecule has 3 nitrogen and oxygen atoms in total. The summed E-state index contributed by atoms with van der Waals surface area (Å²) in [5, 5.41) is 8.72. The Labute approximate surface area is 94.5 Å². The average Bonchev–Trinajstić information content (AvgIpc) is 2.18. The number of hydrogen-bond donors (Lipinski definition) is 2. The molecule has 1 aromatic rings. The molecule has 0 spiro atoms. The minimum absolute atomic E-state index is 0. The molecular formula is C10H15ClFNO2. The number of aliphatic hydroxyl groups is 1. The Hall–Kier alpha value is -0.840.